The topological polar surface area (TPSA) is 74.6 Å². The van der Waals surface area contributed by atoms with Crippen LogP contribution in [0, 0.1) is 0 Å². The number of hydrogen-bond acceptors (Lipinski definition) is 2. The van der Waals surface area contributed by atoms with Crippen molar-refractivity contribution in [2.45, 2.75) is 0 Å². The Bertz CT molecular complexity index is 639. The van der Waals surface area contributed by atoms with Gasteiger partial charge in [0.15, 0.2) is 0 Å². The summed E-state index contributed by atoms with van der Waals surface area (Å²) in [5.74, 6) is -1.97. The molecule has 3 rings (SSSR count). The Labute approximate surface area is 102 Å². The average Bonchev–Trinajstić information content (AvgIpc) is 2.34. The van der Waals surface area contributed by atoms with E-state index < -0.39 is 11.9 Å². The fourth-order valence-electron chi connectivity index (χ4n) is 2.21. The van der Waals surface area contributed by atoms with Gasteiger partial charge in [0.25, 0.3) is 0 Å². The van der Waals surface area contributed by atoms with Gasteiger partial charge in [0.05, 0.1) is 11.1 Å². The highest BCUT2D eigenvalue weighted by molar-refractivity contribution is 6.06. The third kappa shape index (κ3) is 1.32. The second-order valence-electron chi connectivity index (χ2n) is 4.13. The molecule has 0 aliphatic heterocycles. The first-order valence-corrected chi connectivity index (χ1v) is 5.33. The fraction of sp³-hybridized carbons (Fsp3) is 0. The Hall–Kier alpha value is -2.62. The van der Waals surface area contributed by atoms with E-state index in [1.165, 1.54) is 0 Å². The molecule has 2 N–H and O–H groups in total. The van der Waals surface area contributed by atoms with Gasteiger partial charge in [-0.05, 0) is 46.5 Å². The van der Waals surface area contributed by atoms with Gasteiger partial charge in [-0.15, -0.1) is 0 Å². The molecule has 0 atom stereocenters. The highest BCUT2D eigenvalue weighted by atomic mass is 16.4. The normalized spacial score (nSPS) is 11.1. The molecule has 0 amide bonds. The maximum atomic E-state index is 10.9. The number of rotatable bonds is 2. The van der Waals surface area contributed by atoms with Crippen molar-refractivity contribution in [3.63, 3.8) is 0 Å². The molecular formula is C14H8O4. The van der Waals surface area contributed by atoms with E-state index >= 15 is 0 Å². The fourth-order valence-corrected chi connectivity index (χ4v) is 2.21. The molecule has 88 valence electrons. The maximum absolute atomic E-state index is 10.9. The van der Waals surface area contributed by atoms with Crippen molar-refractivity contribution in [2.24, 2.45) is 0 Å². The van der Waals surface area contributed by atoms with Crippen LogP contribution in [-0.2, 0) is 0 Å². The number of fused-ring (bicyclic) bond motifs is 4. The van der Waals surface area contributed by atoms with E-state index in [0.29, 0.717) is 0 Å². The van der Waals surface area contributed by atoms with Crippen LogP contribution in [0.2, 0.25) is 0 Å². The van der Waals surface area contributed by atoms with Gasteiger partial charge < -0.3 is 10.2 Å². The molecule has 2 aromatic rings. The zero-order valence-corrected chi connectivity index (χ0v) is 9.18. The zero-order chi connectivity index (χ0) is 12.9. The van der Waals surface area contributed by atoms with E-state index in [0.717, 1.165) is 22.3 Å². The molecule has 0 heterocycles. The summed E-state index contributed by atoms with van der Waals surface area (Å²) in [6.07, 6.45) is 0. The van der Waals surface area contributed by atoms with Crippen LogP contribution in [-0.4, -0.2) is 22.2 Å². The lowest BCUT2D eigenvalue weighted by Gasteiger charge is -2.24. The summed E-state index contributed by atoms with van der Waals surface area (Å²) < 4.78 is 0. The molecule has 0 fully saturated rings. The number of carboxylic acid groups (broad SMARTS) is 2. The van der Waals surface area contributed by atoms with Gasteiger partial charge in [0.1, 0.15) is 0 Å². The average molecular weight is 240 g/mol. The summed E-state index contributed by atoms with van der Waals surface area (Å²) in [5.41, 5.74) is 3.94. The molecule has 0 radical (unpaired) electrons. The van der Waals surface area contributed by atoms with Crippen LogP contribution in [0.1, 0.15) is 20.7 Å². The van der Waals surface area contributed by atoms with Gasteiger partial charge >= 0.3 is 11.9 Å². The third-order valence-corrected chi connectivity index (χ3v) is 3.11. The minimum atomic E-state index is -0.986. The quantitative estimate of drug-likeness (QED) is 0.722. The number of benzene rings is 2. The lowest BCUT2D eigenvalue weighted by atomic mass is 9.79. The Morgan fingerprint density at radius 1 is 0.667 bits per heavy atom. The molecule has 0 bridgehead atoms. The van der Waals surface area contributed by atoms with Gasteiger partial charge in [-0.25, -0.2) is 9.59 Å². The van der Waals surface area contributed by atoms with E-state index in [4.69, 9.17) is 10.2 Å². The summed E-state index contributed by atoms with van der Waals surface area (Å²) in [5, 5.41) is 17.8. The van der Waals surface area contributed by atoms with Crippen LogP contribution in [0.4, 0.5) is 0 Å². The molecule has 18 heavy (non-hydrogen) atoms. The Kier molecular flexibility index (Phi) is 2.01. The molecule has 0 spiro atoms. The summed E-state index contributed by atoms with van der Waals surface area (Å²) in [7, 11) is 0. The molecule has 1 aliphatic rings. The molecule has 0 unspecified atom stereocenters. The molecular weight excluding hydrogens is 232 g/mol. The van der Waals surface area contributed by atoms with E-state index in [2.05, 4.69) is 0 Å². The van der Waals surface area contributed by atoms with Crippen LogP contribution in [0.3, 0.4) is 0 Å². The van der Waals surface area contributed by atoms with E-state index in [-0.39, 0.29) is 11.1 Å². The van der Waals surface area contributed by atoms with Crippen LogP contribution in [0.25, 0.3) is 22.3 Å². The van der Waals surface area contributed by atoms with Gasteiger partial charge in [-0.2, -0.15) is 0 Å². The Balaban J connectivity index is 2.13. The molecule has 0 aromatic heterocycles. The van der Waals surface area contributed by atoms with Gasteiger partial charge in [-0.3, -0.25) is 0 Å². The first kappa shape index (κ1) is 10.5. The SMILES string of the molecule is O=C(O)c1ccc2c(c1)-c1cc(C(=O)O)ccc1-2. The zero-order valence-electron chi connectivity index (χ0n) is 9.18. The number of hydrogen-bond donors (Lipinski definition) is 2. The monoisotopic (exact) mass is 240 g/mol. The van der Waals surface area contributed by atoms with Gasteiger partial charge in [0.2, 0.25) is 0 Å². The predicted octanol–water partition coefficient (Wildman–Crippen LogP) is 2.73. The van der Waals surface area contributed by atoms with Crippen molar-refractivity contribution >= 4 is 11.9 Å². The van der Waals surface area contributed by atoms with E-state index in [9.17, 15) is 9.59 Å². The third-order valence-electron chi connectivity index (χ3n) is 3.11. The van der Waals surface area contributed by atoms with Gasteiger partial charge in [-0.1, -0.05) is 12.1 Å². The number of carbonyl (C=O) groups is 2. The lowest BCUT2D eigenvalue weighted by molar-refractivity contribution is 0.0686. The van der Waals surface area contributed by atoms with Crippen LogP contribution in [0.5, 0.6) is 0 Å². The van der Waals surface area contributed by atoms with Crippen molar-refractivity contribution in [2.75, 3.05) is 0 Å². The van der Waals surface area contributed by atoms with Crippen LogP contribution in [0.15, 0.2) is 36.4 Å². The molecule has 4 nitrogen and oxygen atoms in total. The van der Waals surface area contributed by atoms with Crippen LogP contribution < -0.4 is 0 Å². The van der Waals surface area contributed by atoms with E-state index in [1.54, 1.807) is 36.4 Å². The minimum absolute atomic E-state index is 0.208. The first-order valence-electron chi connectivity index (χ1n) is 5.33. The molecule has 0 saturated carbocycles. The standard InChI is InChI=1S/C14H8O4/c15-13(16)7-1-3-9-10-4-2-8(14(17)18)6-12(10)11(9)5-7/h1-6H,(H,15,16)(H,17,18). The number of carboxylic acids is 2. The Morgan fingerprint density at radius 2 is 1.06 bits per heavy atom. The van der Waals surface area contributed by atoms with Gasteiger partial charge in [0, 0.05) is 0 Å². The summed E-state index contributed by atoms with van der Waals surface area (Å²) in [6.45, 7) is 0. The largest absolute Gasteiger partial charge is 0.478 e. The second kappa shape index (κ2) is 3.43. The van der Waals surface area contributed by atoms with E-state index in [1.807, 2.05) is 0 Å². The first-order chi connectivity index (χ1) is 8.58. The van der Waals surface area contributed by atoms with Crippen molar-refractivity contribution in [3.05, 3.63) is 47.5 Å². The van der Waals surface area contributed by atoms with Crippen molar-refractivity contribution < 1.29 is 19.8 Å². The molecule has 2 aromatic carbocycles. The highest BCUT2D eigenvalue weighted by Crippen LogP contribution is 2.47. The highest BCUT2D eigenvalue weighted by Gasteiger charge is 2.24. The minimum Gasteiger partial charge on any atom is -0.478 e. The summed E-state index contributed by atoms with van der Waals surface area (Å²) in [6, 6.07) is 9.75. The van der Waals surface area contributed by atoms with Crippen molar-refractivity contribution in [1.29, 1.82) is 0 Å². The molecule has 0 saturated heterocycles. The number of aromatic carboxylic acids is 2. The molecule has 4 heteroatoms. The predicted molar refractivity (Wildman–Crippen MR) is 64.8 cm³/mol. The second-order valence-corrected chi connectivity index (χ2v) is 4.13. The van der Waals surface area contributed by atoms with Crippen molar-refractivity contribution in [3.8, 4) is 22.3 Å². The maximum Gasteiger partial charge on any atom is 0.335 e. The van der Waals surface area contributed by atoms with Crippen LogP contribution >= 0.6 is 0 Å². The Morgan fingerprint density at radius 3 is 1.39 bits per heavy atom. The summed E-state index contributed by atoms with van der Waals surface area (Å²) >= 11 is 0. The lowest BCUT2D eigenvalue weighted by Crippen LogP contribution is -2.05. The molecule has 1 aliphatic carbocycles. The van der Waals surface area contributed by atoms with Crippen molar-refractivity contribution in [1.82, 2.24) is 0 Å². The summed E-state index contributed by atoms with van der Waals surface area (Å²) in [4.78, 5) is 21.8. The smallest absolute Gasteiger partial charge is 0.335 e.